The van der Waals surface area contributed by atoms with Crippen LogP contribution in [0, 0.1) is 0 Å². The van der Waals surface area contributed by atoms with Crippen molar-refractivity contribution in [2.45, 2.75) is 4.90 Å². The number of carbonyl (C=O) groups excluding carboxylic acids is 1. The van der Waals surface area contributed by atoms with Crippen molar-refractivity contribution >= 4 is 33.5 Å². The normalized spacial score (nSPS) is 10.7. The van der Waals surface area contributed by atoms with Crippen LogP contribution in [0.2, 0.25) is 0 Å². The molecule has 0 atom stereocenters. The van der Waals surface area contributed by atoms with Crippen molar-refractivity contribution < 1.29 is 27.9 Å². The molecule has 1 amide bonds. The van der Waals surface area contributed by atoms with Gasteiger partial charge in [-0.05, 0) is 48.5 Å². The fraction of sp³-hybridized carbons (Fsp3) is 0.0667. The SMILES string of the molecule is COC(=O)Nc1ccc(S(=O)(=O)Nc2ccc(C(=O)O)cc2)cc1. The van der Waals surface area contributed by atoms with E-state index in [0.29, 0.717) is 5.69 Å². The smallest absolute Gasteiger partial charge is 0.411 e. The zero-order valence-electron chi connectivity index (χ0n) is 12.5. The summed E-state index contributed by atoms with van der Waals surface area (Å²) >= 11 is 0. The topological polar surface area (TPSA) is 122 Å². The van der Waals surface area contributed by atoms with E-state index in [9.17, 15) is 18.0 Å². The number of benzene rings is 2. The number of amides is 1. The number of anilines is 2. The Morgan fingerprint density at radius 3 is 2.00 bits per heavy atom. The molecule has 0 saturated carbocycles. The van der Waals surface area contributed by atoms with Gasteiger partial charge in [0.15, 0.2) is 0 Å². The molecule has 2 rings (SSSR count). The number of hydrogen-bond donors (Lipinski definition) is 3. The number of nitrogens with one attached hydrogen (secondary N) is 2. The van der Waals surface area contributed by atoms with Crippen molar-refractivity contribution in [1.29, 1.82) is 0 Å². The number of rotatable bonds is 5. The molecule has 0 aliphatic rings. The van der Waals surface area contributed by atoms with E-state index < -0.39 is 22.1 Å². The van der Waals surface area contributed by atoms with E-state index in [1.165, 1.54) is 55.6 Å². The van der Waals surface area contributed by atoms with Gasteiger partial charge < -0.3 is 9.84 Å². The van der Waals surface area contributed by atoms with Crippen LogP contribution in [-0.2, 0) is 14.8 Å². The Labute approximate surface area is 138 Å². The maximum atomic E-state index is 12.3. The summed E-state index contributed by atoms with van der Waals surface area (Å²) in [5.74, 6) is -1.10. The predicted molar refractivity (Wildman–Crippen MR) is 86.7 cm³/mol. The van der Waals surface area contributed by atoms with Gasteiger partial charge in [-0.2, -0.15) is 0 Å². The van der Waals surface area contributed by atoms with E-state index in [4.69, 9.17) is 5.11 Å². The summed E-state index contributed by atoms with van der Waals surface area (Å²) in [7, 11) is -2.62. The number of methoxy groups -OCH3 is 1. The van der Waals surface area contributed by atoms with Crippen molar-refractivity contribution in [2.75, 3.05) is 17.1 Å². The highest BCUT2D eigenvalue weighted by molar-refractivity contribution is 7.92. The number of carbonyl (C=O) groups is 2. The van der Waals surface area contributed by atoms with Gasteiger partial charge in [-0.25, -0.2) is 18.0 Å². The molecule has 0 fully saturated rings. The number of carboxylic acid groups (broad SMARTS) is 1. The van der Waals surface area contributed by atoms with Gasteiger partial charge in [0, 0.05) is 11.4 Å². The third-order valence-electron chi connectivity index (χ3n) is 2.98. The Morgan fingerprint density at radius 2 is 1.50 bits per heavy atom. The quantitative estimate of drug-likeness (QED) is 0.761. The Bertz CT molecular complexity index is 845. The summed E-state index contributed by atoms with van der Waals surface area (Å²) in [4.78, 5) is 21.8. The zero-order valence-corrected chi connectivity index (χ0v) is 13.3. The average molecular weight is 350 g/mol. The molecule has 0 bridgehead atoms. The van der Waals surface area contributed by atoms with Crippen LogP contribution in [0.25, 0.3) is 0 Å². The third kappa shape index (κ3) is 4.23. The van der Waals surface area contributed by atoms with Crippen molar-refractivity contribution in [3.8, 4) is 0 Å². The fourth-order valence-electron chi connectivity index (χ4n) is 1.78. The van der Waals surface area contributed by atoms with E-state index in [1.807, 2.05) is 0 Å². The number of ether oxygens (including phenoxy) is 1. The summed E-state index contributed by atoms with van der Waals surface area (Å²) in [6.45, 7) is 0. The third-order valence-corrected chi connectivity index (χ3v) is 4.38. The Kier molecular flexibility index (Phi) is 5.05. The molecule has 0 saturated heterocycles. The van der Waals surface area contributed by atoms with Crippen molar-refractivity contribution in [2.24, 2.45) is 0 Å². The average Bonchev–Trinajstić information content (AvgIpc) is 2.55. The molecule has 126 valence electrons. The summed E-state index contributed by atoms with van der Waals surface area (Å²) in [5, 5.41) is 11.2. The molecule has 8 nitrogen and oxygen atoms in total. The van der Waals surface area contributed by atoms with E-state index in [2.05, 4.69) is 14.8 Å². The van der Waals surface area contributed by atoms with Crippen LogP contribution in [0.5, 0.6) is 0 Å². The van der Waals surface area contributed by atoms with Gasteiger partial charge in [0.25, 0.3) is 10.0 Å². The first-order chi connectivity index (χ1) is 11.3. The van der Waals surface area contributed by atoms with Gasteiger partial charge in [-0.3, -0.25) is 10.0 Å². The second kappa shape index (κ2) is 7.01. The standard InChI is InChI=1S/C15H14N2O6S/c1-23-15(20)16-11-6-8-13(9-7-11)24(21,22)17-12-4-2-10(3-5-12)14(18)19/h2-9,17H,1H3,(H,16,20)(H,18,19). The second-order valence-corrected chi connectivity index (χ2v) is 6.31. The first-order valence-corrected chi connectivity index (χ1v) is 8.11. The lowest BCUT2D eigenvalue weighted by Gasteiger charge is -2.09. The summed E-state index contributed by atoms with van der Waals surface area (Å²) < 4.78 is 31.3. The van der Waals surface area contributed by atoms with E-state index in [0.717, 1.165) is 0 Å². The monoisotopic (exact) mass is 350 g/mol. The summed E-state index contributed by atoms with van der Waals surface area (Å²) in [6.07, 6.45) is -0.665. The predicted octanol–water partition coefficient (Wildman–Crippen LogP) is 2.36. The molecule has 0 unspecified atom stereocenters. The van der Waals surface area contributed by atoms with Crippen LogP contribution < -0.4 is 10.0 Å². The molecule has 0 spiro atoms. The molecular weight excluding hydrogens is 336 g/mol. The van der Waals surface area contributed by atoms with Gasteiger partial charge in [-0.1, -0.05) is 0 Å². The van der Waals surface area contributed by atoms with Gasteiger partial charge in [0.2, 0.25) is 0 Å². The van der Waals surface area contributed by atoms with Crippen molar-refractivity contribution in [1.82, 2.24) is 0 Å². The van der Waals surface area contributed by atoms with Gasteiger partial charge in [0.05, 0.1) is 17.6 Å². The minimum Gasteiger partial charge on any atom is -0.478 e. The molecule has 24 heavy (non-hydrogen) atoms. The summed E-state index contributed by atoms with van der Waals surface area (Å²) in [6, 6.07) is 10.8. The second-order valence-electron chi connectivity index (χ2n) is 4.63. The Morgan fingerprint density at radius 1 is 0.958 bits per heavy atom. The number of sulfonamides is 1. The molecule has 0 heterocycles. The van der Waals surface area contributed by atoms with E-state index in [-0.39, 0.29) is 16.1 Å². The van der Waals surface area contributed by atoms with Crippen molar-refractivity contribution in [3.05, 3.63) is 54.1 Å². The number of carboxylic acids is 1. The van der Waals surface area contributed by atoms with Crippen LogP contribution in [0.15, 0.2) is 53.4 Å². The lowest BCUT2D eigenvalue weighted by atomic mass is 10.2. The molecule has 2 aromatic rings. The molecule has 0 radical (unpaired) electrons. The van der Waals surface area contributed by atoms with Gasteiger partial charge in [0.1, 0.15) is 0 Å². The molecular formula is C15H14N2O6S. The fourth-order valence-corrected chi connectivity index (χ4v) is 2.84. The molecule has 0 aliphatic heterocycles. The molecule has 9 heteroatoms. The maximum Gasteiger partial charge on any atom is 0.411 e. The maximum absolute atomic E-state index is 12.3. The van der Waals surface area contributed by atoms with Crippen LogP contribution in [0.1, 0.15) is 10.4 Å². The highest BCUT2D eigenvalue weighted by Gasteiger charge is 2.14. The van der Waals surface area contributed by atoms with Gasteiger partial charge >= 0.3 is 12.1 Å². The van der Waals surface area contributed by atoms with Gasteiger partial charge in [-0.15, -0.1) is 0 Å². The highest BCUT2D eigenvalue weighted by atomic mass is 32.2. The van der Waals surface area contributed by atoms with E-state index in [1.54, 1.807) is 0 Å². The van der Waals surface area contributed by atoms with Crippen LogP contribution in [0.3, 0.4) is 0 Å². The minimum atomic E-state index is -3.84. The number of aromatic carboxylic acids is 1. The Hall–Kier alpha value is -3.07. The largest absolute Gasteiger partial charge is 0.478 e. The van der Waals surface area contributed by atoms with E-state index >= 15 is 0 Å². The lowest BCUT2D eigenvalue weighted by Crippen LogP contribution is -2.14. The van der Waals surface area contributed by atoms with Crippen LogP contribution >= 0.6 is 0 Å². The molecule has 0 aromatic heterocycles. The first kappa shape index (κ1) is 17.3. The van der Waals surface area contributed by atoms with Crippen LogP contribution in [0.4, 0.5) is 16.2 Å². The molecule has 3 N–H and O–H groups in total. The lowest BCUT2D eigenvalue weighted by molar-refractivity contribution is 0.0697. The molecule has 2 aromatic carbocycles. The molecule has 0 aliphatic carbocycles. The van der Waals surface area contributed by atoms with Crippen LogP contribution in [-0.4, -0.2) is 32.7 Å². The summed E-state index contributed by atoms with van der Waals surface area (Å²) in [5.41, 5.74) is 0.666. The zero-order chi connectivity index (χ0) is 17.7. The first-order valence-electron chi connectivity index (χ1n) is 6.63. The highest BCUT2D eigenvalue weighted by Crippen LogP contribution is 2.19. The Balaban J connectivity index is 2.14. The van der Waals surface area contributed by atoms with Crippen molar-refractivity contribution in [3.63, 3.8) is 0 Å². The number of hydrogen-bond acceptors (Lipinski definition) is 5. The minimum absolute atomic E-state index is 0.0137.